The lowest BCUT2D eigenvalue weighted by Crippen LogP contribution is -2.47. The Morgan fingerprint density at radius 3 is 2.60 bits per heavy atom. The Labute approximate surface area is 169 Å². The Kier molecular flexibility index (Phi) is 4.85. The van der Waals surface area contributed by atoms with Crippen LogP contribution in [0.5, 0.6) is 0 Å². The second kappa shape index (κ2) is 7.37. The Balaban J connectivity index is 1.56. The molecule has 1 aromatic heterocycles. The molecule has 1 fully saturated rings. The number of urea groups is 1. The van der Waals surface area contributed by atoms with Gasteiger partial charge in [-0.25, -0.2) is 18.0 Å². The predicted octanol–water partition coefficient (Wildman–Crippen LogP) is 2.61. The van der Waals surface area contributed by atoms with Crippen LogP contribution in [0.1, 0.15) is 19.0 Å². The lowest BCUT2D eigenvalue weighted by atomic mass is 10.1. The number of aromatic nitrogens is 2. The van der Waals surface area contributed by atoms with Gasteiger partial charge in [-0.1, -0.05) is 0 Å². The molecule has 0 spiro atoms. The largest absolute Gasteiger partial charge is 0.322 e. The van der Waals surface area contributed by atoms with E-state index in [0.717, 1.165) is 0 Å². The maximum atomic E-state index is 13.4. The highest BCUT2D eigenvalue weighted by atomic mass is 19.2. The van der Waals surface area contributed by atoms with E-state index in [-0.39, 0.29) is 37.1 Å². The van der Waals surface area contributed by atoms with Crippen LogP contribution in [0.4, 0.5) is 29.3 Å². The summed E-state index contributed by atoms with van der Waals surface area (Å²) in [5, 5.41) is 15.8. The first-order valence-corrected chi connectivity index (χ1v) is 9.25. The van der Waals surface area contributed by atoms with Crippen LogP contribution in [0.15, 0.2) is 18.3 Å². The van der Waals surface area contributed by atoms with E-state index in [9.17, 15) is 22.8 Å². The molecule has 2 aromatic rings. The summed E-state index contributed by atoms with van der Waals surface area (Å²) in [6, 6.07) is 2.55. The van der Waals surface area contributed by atoms with Crippen LogP contribution in [0.3, 0.4) is 0 Å². The summed E-state index contributed by atoms with van der Waals surface area (Å²) in [6.07, 6.45) is 1.66. The highest BCUT2D eigenvalue weighted by Crippen LogP contribution is 2.31. The molecular weight excluding hydrogens is 401 g/mol. The summed E-state index contributed by atoms with van der Waals surface area (Å²) in [6.45, 7) is 2.47. The van der Waals surface area contributed by atoms with Gasteiger partial charge >= 0.3 is 6.03 Å². The highest BCUT2D eigenvalue weighted by molar-refractivity contribution is 5.96. The van der Waals surface area contributed by atoms with Gasteiger partial charge in [0.15, 0.2) is 17.5 Å². The number of hydrogen-bond donors (Lipinski definition) is 1. The topological polar surface area (TPSA) is 94.3 Å². The molecule has 1 unspecified atom stereocenters. The normalized spacial score (nSPS) is 20.8. The molecule has 0 saturated carbocycles. The molecule has 0 aliphatic carbocycles. The third-order valence-electron chi connectivity index (χ3n) is 5.31. The Hall–Kier alpha value is -3.55. The Morgan fingerprint density at radius 1 is 1.27 bits per heavy atom. The number of carbonyl (C=O) groups excluding carboxylic acids is 2. The first kappa shape index (κ1) is 19.8. The number of nitrogens with zero attached hydrogens (tertiary/aromatic N) is 5. The molecule has 3 heterocycles. The van der Waals surface area contributed by atoms with Crippen LogP contribution < -0.4 is 10.2 Å². The van der Waals surface area contributed by atoms with Crippen molar-refractivity contribution in [2.45, 2.75) is 32.5 Å². The zero-order valence-corrected chi connectivity index (χ0v) is 15.9. The van der Waals surface area contributed by atoms with Gasteiger partial charge < -0.3 is 15.1 Å². The van der Waals surface area contributed by atoms with Crippen LogP contribution in [0.25, 0.3) is 0 Å². The summed E-state index contributed by atoms with van der Waals surface area (Å²) in [5.74, 6) is -5.02. The van der Waals surface area contributed by atoms with Crippen molar-refractivity contribution in [2.75, 3.05) is 16.8 Å². The maximum Gasteiger partial charge on any atom is 0.322 e. The van der Waals surface area contributed by atoms with E-state index in [1.165, 1.54) is 16.0 Å². The molecule has 30 heavy (non-hydrogen) atoms. The fraction of sp³-hybridized carbons (Fsp3) is 0.368. The van der Waals surface area contributed by atoms with Crippen molar-refractivity contribution >= 4 is 23.3 Å². The van der Waals surface area contributed by atoms with Gasteiger partial charge in [0.25, 0.3) is 0 Å². The number of fused-ring (bicyclic) bond motifs is 1. The van der Waals surface area contributed by atoms with Crippen LogP contribution in [0, 0.1) is 34.7 Å². The minimum Gasteiger partial charge on any atom is -0.314 e. The number of carbonyl (C=O) groups is 2. The molecule has 8 nitrogen and oxygen atoms in total. The molecule has 2 atom stereocenters. The SMILES string of the molecule is C[C@H]1Cn2ncc(N3CC(C#N)CC3=O)c2CN1C(=O)Nc1cc(F)c(F)c(F)c1. The maximum absolute atomic E-state index is 13.4. The van der Waals surface area contributed by atoms with E-state index >= 15 is 0 Å². The summed E-state index contributed by atoms with van der Waals surface area (Å²) < 4.78 is 41.7. The van der Waals surface area contributed by atoms with Crippen molar-refractivity contribution in [3.05, 3.63) is 41.5 Å². The Bertz CT molecular complexity index is 1060. The summed E-state index contributed by atoms with van der Waals surface area (Å²) >= 11 is 0. The summed E-state index contributed by atoms with van der Waals surface area (Å²) in [7, 11) is 0. The molecule has 1 saturated heterocycles. The molecule has 2 aliphatic rings. The quantitative estimate of drug-likeness (QED) is 0.759. The lowest BCUT2D eigenvalue weighted by molar-refractivity contribution is -0.117. The smallest absolute Gasteiger partial charge is 0.314 e. The number of nitriles is 1. The minimum absolute atomic E-state index is 0.0928. The third kappa shape index (κ3) is 3.34. The fourth-order valence-corrected chi connectivity index (χ4v) is 3.73. The molecule has 0 bridgehead atoms. The molecule has 0 radical (unpaired) electrons. The number of benzene rings is 1. The second-order valence-corrected chi connectivity index (χ2v) is 7.35. The van der Waals surface area contributed by atoms with Gasteiger partial charge in [0, 0.05) is 30.8 Å². The second-order valence-electron chi connectivity index (χ2n) is 7.35. The fourth-order valence-electron chi connectivity index (χ4n) is 3.73. The van der Waals surface area contributed by atoms with Gasteiger partial charge in [-0.3, -0.25) is 9.48 Å². The van der Waals surface area contributed by atoms with E-state index < -0.39 is 29.4 Å². The van der Waals surface area contributed by atoms with Crippen molar-refractivity contribution in [2.24, 2.45) is 5.92 Å². The average Bonchev–Trinajstić information content (AvgIpc) is 3.27. The first-order valence-electron chi connectivity index (χ1n) is 9.25. The number of halogens is 3. The molecule has 2 aliphatic heterocycles. The highest BCUT2D eigenvalue weighted by Gasteiger charge is 2.36. The monoisotopic (exact) mass is 418 g/mol. The van der Waals surface area contributed by atoms with Crippen LogP contribution in [-0.2, 0) is 17.9 Å². The zero-order chi connectivity index (χ0) is 21.6. The van der Waals surface area contributed by atoms with Crippen LogP contribution >= 0.6 is 0 Å². The molecule has 3 amide bonds. The molecular formula is C19H17F3N6O2. The number of hydrogen-bond acceptors (Lipinski definition) is 4. The minimum atomic E-state index is -1.61. The molecule has 1 aromatic carbocycles. The van der Waals surface area contributed by atoms with E-state index in [0.29, 0.717) is 30.1 Å². The number of amides is 3. The van der Waals surface area contributed by atoms with Crippen molar-refractivity contribution in [1.82, 2.24) is 14.7 Å². The third-order valence-corrected chi connectivity index (χ3v) is 5.31. The predicted molar refractivity (Wildman–Crippen MR) is 98.6 cm³/mol. The summed E-state index contributed by atoms with van der Waals surface area (Å²) in [5.41, 5.74) is 0.933. The van der Waals surface area contributed by atoms with E-state index in [1.807, 2.05) is 0 Å². The van der Waals surface area contributed by atoms with Crippen molar-refractivity contribution < 1.29 is 22.8 Å². The van der Waals surface area contributed by atoms with Crippen LogP contribution in [-0.4, -0.2) is 39.2 Å². The standard InChI is InChI=1S/C19H17F3N6O2/c1-10-7-28-16(15(6-24-28)27-8-11(5-23)2-17(27)29)9-26(10)19(30)25-12-3-13(20)18(22)14(21)4-12/h3-4,6,10-11H,2,7-9H2,1H3,(H,25,30)/t10-,11?/m0/s1. The van der Waals surface area contributed by atoms with Gasteiger partial charge in [0.1, 0.15) is 0 Å². The molecule has 1 N–H and O–H groups in total. The van der Waals surface area contributed by atoms with Crippen LogP contribution in [0.2, 0.25) is 0 Å². The Morgan fingerprint density at radius 2 is 1.97 bits per heavy atom. The first-order chi connectivity index (χ1) is 14.3. The number of nitrogens with one attached hydrogen (secondary N) is 1. The summed E-state index contributed by atoms with van der Waals surface area (Å²) in [4.78, 5) is 27.9. The van der Waals surface area contributed by atoms with E-state index in [1.54, 1.807) is 11.6 Å². The van der Waals surface area contributed by atoms with Gasteiger partial charge in [-0.2, -0.15) is 10.4 Å². The molecule has 4 rings (SSSR count). The number of rotatable bonds is 2. The van der Waals surface area contributed by atoms with Gasteiger partial charge in [-0.15, -0.1) is 0 Å². The molecule has 11 heteroatoms. The zero-order valence-electron chi connectivity index (χ0n) is 15.9. The van der Waals surface area contributed by atoms with E-state index in [2.05, 4.69) is 16.5 Å². The van der Waals surface area contributed by atoms with Gasteiger partial charge in [0.2, 0.25) is 5.91 Å². The van der Waals surface area contributed by atoms with Gasteiger partial charge in [-0.05, 0) is 6.92 Å². The molecule has 156 valence electrons. The van der Waals surface area contributed by atoms with E-state index in [4.69, 9.17) is 5.26 Å². The van der Waals surface area contributed by atoms with Crippen molar-refractivity contribution in [1.29, 1.82) is 5.26 Å². The number of anilines is 2. The van der Waals surface area contributed by atoms with Crippen molar-refractivity contribution in [3.63, 3.8) is 0 Å². The van der Waals surface area contributed by atoms with Gasteiger partial charge in [0.05, 0.1) is 48.7 Å². The van der Waals surface area contributed by atoms with Crippen molar-refractivity contribution in [3.8, 4) is 6.07 Å². The lowest BCUT2D eigenvalue weighted by Gasteiger charge is -2.35. The average molecular weight is 418 g/mol.